The van der Waals surface area contributed by atoms with E-state index < -0.39 is 54.5 Å². The zero-order chi connectivity index (χ0) is 28.0. The van der Waals surface area contributed by atoms with Crippen LogP contribution < -0.4 is 0 Å². The van der Waals surface area contributed by atoms with Crippen LogP contribution in [0.1, 0.15) is 29.5 Å². The molecule has 1 aliphatic rings. The van der Waals surface area contributed by atoms with Crippen LogP contribution in [0, 0.1) is 35.7 Å². The molecule has 4 aromatic rings. The van der Waals surface area contributed by atoms with Gasteiger partial charge in [-0.1, -0.05) is 11.6 Å². The number of aryl methyl sites for hydroxylation is 1. The van der Waals surface area contributed by atoms with Crippen molar-refractivity contribution in [1.29, 1.82) is 5.26 Å². The van der Waals surface area contributed by atoms with Crippen LogP contribution in [0.25, 0.3) is 16.8 Å². The number of rotatable bonds is 5. The van der Waals surface area contributed by atoms with Gasteiger partial charge in [0.15, 0.2) is 29.0 Å². The second kappa shape index (κ2) is 10.4. The van der Waals surface area contributed by atoms with Crippen molar-refractivity contribution in [2.45, 2.75) is 37.4 Å². The maximum Gasteiger partial charge on any atom is 0.194 e. The van der Waals surface area contributed by atoms with Crippen molar-refractivity contribution in [3.8, 4) is 22.9 Å². The first kappa shape index (κ1) is 26.7. The molecule has 3 N–H and O–H groups in total. The van der Waals surface area contributed by atoms with Crippen molar-refractivity contribution in [2.24, 2.45) is 0 Å². The van der Waals surface area contributed by atoms with Gasteiger partial charge >= 0.3 is 0 Å². The molecule has 39 heavy (non-hydrogen) atoms. The van der Waals surface area contributed by atoms with Gasteiger partial charge < -0.3 is 20.1 Å². The van der Waals surface area contributed by atoms with Gasteiger partial charge in [0.1, 0.15) is 48.0 Å². The Morgan fingerprint density at radius 3 is 2.49 bits per heavy atom. The number of aliphatic hydroxyl groups excluding tert-OH is 3. The SMILES string of the molecule is Cc1nc([C@@H]2O[C@H](CO)[C@H](O)[C@H](n3cc(-c4cc(F)c(F)c(F)c4)cn3)[C@H]2O)n(-c2cc(Cl)cnc2C#N)n1. The van der Waals surface area contributed by atoms with E-state index in [0.29, 0.717) is 0 Å². The van der Waals surface area contributed by atoms with Crippen LogP contribution in [0.2, 0.25) is 5.02 Å². The first-order valence-electron chi connectivity index (χ1n) is 11.4. The molecule has 1 saturated heterocycles. The quantitative estimate of drug-likeness (QED) is 0.311. The van der Waals surface area contributed by atoms with Gasteiger partial charge in [-0.05, 0) is 30.7 Å². The van der Waals surface area contributed by atoms with Gasteiger partial charge in [-0.3, -0.25) is 4.68 Å². The molecule has 11 nitrogen and oxygen atoms in total. The fraction of sp³-hybridized carbons (Fsp3) is 0.292. The molecule has 1 fully saturated rings. The third-order valence-electron chi connectivity index (χ3n) is 6.28. The highest BCUT2D eigenvalue weighted by Crippen LogP contribution is 2.39. The summed E-state index contributed by atoms with van der Waals surface area (Å²) in [5.74, 6) is -4.15. The fourth-order valence-corrected chi connectivity index (χ4v) is 4.62. The first-order valence-corrected chi connectivity index (χ1v) is 11.8. The Kier molecular flexibility index (Phi) is 7.10. The fourth-order valence-electron chi connectivity index (χ4n) is 4.47. The maximum atomic E-state index is 13.8. The largest absolute Gasteiger partial charge is 0.394 e. The van der Waals surface area contributed by atoms with Crippen LogP contribution in [0.15, 0.2) is 36.8 Å². The molecule has 0 radical (unpaired) electrons. The normalized spacial score (nSPS) is 23.1. The van der Waals surface area contributed by atoms with Crippen molar-refractivity contribution in [3.05, 3.63) is 76.6 Å². The standard InChI is InChI=1S/C24H19ClF3N7O4/c1-10-32-24(35(33-10)17-4-13(25)7-30-16(17)5-29)23-22(38)20(21(37)18(9-36)39-23)34-8-12(6-31-34)11-2-14(26)19(28)15(27)3-11/h2-4,6-8,18,20-23,36-38H,9H2,1H3/t18-,20+,21+,22-,23-/m1/s1. The molecule has 15 heteroatoms. The van der Waals surface area contributed by atoms with E-state index in [1.54, 1.807) is 6.92 Å². The Bertz CT molecular complexity index is 1570. The van der Waals surface area contributed by atoms with Gasteiger partial charge in [0.05, 0.1) is 17.8 Å². The number of ether oxygens (including phenoxy) is 1. The van der Waals surface area contributed by atoms with E-state index in [1.165, 1.54) is 29.3 Å². The number of hydrogen-bond acceptors (Lipinski definition) is 9. The zero-order valence-corrected chi connectivity index (χ0v) is 20.7. The van der Waals surface area contributed by atoms with Gasteiger partial charge in [0.25, 0.3) is 0 Å². The maximum absolute atomic E-state index is 13.8. The van der Waals surface area contributed by atoms with E-state index >= 15 is 0 Å². The van der Waals surface area contributed by atoms with E-state index in [9.17, 15) is 33.8 Å². The Morgan fingerprint density at radius 2 is 1.82 bits per heavy atom. The first-order chi connectivity index (χ1) is 18.6. The molecule has 0 aliphatic carbocycles. The number of hydrogen-bond donors (Lipinski definition) is 3. The topological polar surface area (TPSA) is 155 Å². The Balaban J connectivity index is 1.57. The molecule has 3 aromatic heterocycles. The number of nitriles is 1. The van der Waals surface area contributed by atoms with E-state index in [0.717, 1.165) is 16.8 Å². The van der Waals surface area contributed by atoms with Crippen LogP contribution in [0.3, 0.4) is 0 Å². The molecule has 4 heterocycles. The predicted octanol–water partition coefficient (Wildman–Crippen LogP) is 2.17. The van der Waals surface area contributed by atoms with Crippen molar-refractivity contribution in [2.75, 3.05) is 6.61 Å². The average molecular weight is 562 g/mol. The Morgan fingerprint density at radius 1 is 1.10 bits per heavy atom. The third-order valence-corrected chi connectivity index (χ3v) is 6.48. The van der Waals surface area contributed by atoms with Crippen molar-refractivity contribution in [1.82, 2.24) is 29.5 Å². The molecule has 202 valence electrons. The van der Waals surface area contributed by atoms with Crippen molar-refractivity contribution in [3.63, 3.8) is 0 Å². The highest BCUT2D eigenvalue weighted by molar-refractivity contribution is 6.30. The minimum Gasteiger partial charge on any atom is -0.394 e. The molecule has 5 rings (SSSR count). The summed E-state index contributed by atoms with van der Waals surface area (Å²) in [7, 11) is 0. The van der Waals surface area contributed by atoms with E-state index in [1.807, 2.05) is 6.07 Å². The van der Waals surface area contributed by atoms with Gasteiger partial charge in [-0.15, -0.1) is 0 Å². The van der Waals surface area contributed by atoms with Crippen molar-refractivity contribution >= 4 is 11.6 Å². The summed E-state index contributed by atoms with van der Waals surface area (Å²) in [5, 5.41) is 50.4. The molecule has 0 saturated carbocycles. The van der Waals surface area contributed by atoms with E-state index in [4.69, 9.17) is 16.3 Å². The summed E-state index contributed by atoms with van der Waals surface area (Å²) in [6, 6.07) is 3.68. The second-order valence-corrected chi connectivity index (χ2v) is 9.21. The van der Waals surface area contributed by atoms with Crippen LogP contribution in [-0.4, -0.2) is 69.8 Å². The molecule has 0 bridgehead atoms. The summed E-state index contributed by atoms with van der Waals surface area (Å²) < 4.78 is 49.2. The summed E-state index contributed by atoms with van der Waals surface area (Å²) in [5.41, 5.74) is 0.248. The van der Waals surface area contributed by atoms with Crippen molar-refractivity contribution < 1.29 is 33.2 Å². The summed E-state index contributed by atoms with van der Waals surface area (Å²) >= 11 is 6.09. The van der Waals surface area contributed by atoms with Gasteiger partial charge in [-0.25, -0.2) is 27.8 Å². The van der Waals surface area contributed by atoms with Gasteiger partial charge in [0, 0.05) is 18.0 Å². The van der Waals surface area contributed by atoms with E-state index in [-0.39, 0.29) is 39.2 Å². The number of pyridine rings is 1. The molecule has 5 atom stereocenters. The van der Waals surface area contributed by atoms with E-state index in [2.05, 4.69) is 20.2 Å². The lowest BCUT2D eigenvalue weighted by atomic mass is 9.92. The highest BCUT2D eigenvalue weighted by Gasteiger charge is 2.48. The lowest BCUT2D eigenvalue weighted by Gasteiger charge is -2.41. The number of aliphatic hydroxyl groups is 3. The summed E-state index contributed by atoms with van der Waals surface area (Å²) in [4.78, 5) is 8.33. The zero-order valence-electron chi connectivity index (χ0n) is 20.0. The Hall–Kier alpha value is -3.87. The minimum atomic E-state index is -1.62. The number of halogens is 4. The van der Waals surface area contributed by atoms with Crippen LogP contribution in [0.4, 0.5) is 13.2 Å². The number of benzene rings is 1. The van der Waals surface area contributed by atoms with Crippen LogP contribution in [0.5, 0.6) is 0 Å². The molecule has 1 aromatic carbocycles. The van der Waals surface area contributed by atoms with Crippen LogP contribution in [-0.2, 0) is 4.74 Å². The minimum absolute atomic E-state index is 0.0194. The third kappa shape index (κ3) is 4.75. The predicted molar refractivity (Wildman–Crippen MR) is 127 cm³/mol. The van der Waals surface area contributed by atoms with Crippen LogP contribution >= 0.6 is 11.6 Å². The number of aromatic nitrogens is 6. The lowest BCUT2D eigenvalue weighted by molar-refractivity contribution is -0.210. The summed E-state index contributed by atoms with van der Waals surface area (Å²) in [6.45, 7) is 0.911. The molecular formula is C24H19ClF3N7O4. The molecular weight excluding hydrogens is 543 g/mol. The van der Waals surface area contributed by atoms with Gasteiger partial charge in [-0.2, -0.15) is 15.5 Å². The molecule has 1 aliphatic heterocycles. The smallest absolute Gasteiger partial charge is 0.194 e. The molecule has 0 amide bonds. The monoisotopic (exact) mass is 561 g/mol. The lowest BCUT2D eigenvalue weighted by Crippen LogP contribution is -2.53. The highest BCUT2D eigenvalue weighted by atomic mass is 35.5. The van der Waals surface area contributed by atoms with Gasteiger partial charge in [0.2, 0.25) is 0 Å². The number of nitrogens with zero attached hydrogens (tertiary/aromatic N) is 7. The Labute approximate surface area is 223 Å². The second-order valence-electron chi connectivity index (χ2n) is 8.77. The molecule has 0 unspecified atom stereocenters. The molecule has 0 spiro atoms. The summed E-state index contributed by atoms with van der Waals surface area (Å²) in [6.07, 6.45) is -1.79. The average Bonchev–Trinajstić information content (AvgIpc) is 3.54.